The summed E-state index contributed by atoms with van der Waals surface area (Å²) in [6.07, 6.45) is 0.925. The van der Waals surface area contributed by atoms with Gasteiger partial charge in [-0.3, -0.25) is 4.79 Å². The van der Waals surface area contributed by atoms with Gasteiger partial charge in [-0.05, 0) is 31.0 Å². The Balaban J connectivity index is 2.39. The smallest absolute Gasteiger partial charge is 0.257 e. The number of rotatable bonds is 6. The first-order chi connectivity index (χ1) is 8.13. The van der Waals surface area contributed by atoms with E-state index in [1.54, 1.807) is 0 Å². The van der Waals surface area contributed by atoms with Gasteiger partial charge in [-0.15, -0.1) is 0 Å². The minimum atomic E-state index is -0.0943. The van der Waals surface area contributed by atoms with Crippen LogP contribution in [0.2, 0.25) is 0 Å². The van der Waals surface area contributed by atoms with Crippen molar-refractivity contribution in [3.8, 4) is 5.75 Å². The molecule has 0 aromatic heterocycles. The lowest BCUT2D eigenvalue weighted by Crippen LogP contribution is -2.29. The van der Waals surface area contributed by atoms with E-state index in [-0.39, 0.29) is 18.6 Å². The van der Waals surface area contributed by atoms with Crippen LogP contribution in [0.25, 0.3) is 0 Å². The summed E-state index contributed by atoms with van der Waals surface area (Å²) in [5, 5.41) is 2.75. The molecular formula is C13H20N2O2. The predicted molar refractivity (Wildman–Crippen MR) is 67.8 cm³/mol. The van der Waals surface area contributed by atoms with Gasteiger partial charge in [-0.2, -0.15) is 0 Å². The van der Waals surface area contributed by atoms with Crippen molar-refractivity contribution in [3.05, 3.63) is 29.8 Å². The van der Waals surface area contributed by atoms with Crippen molar-refractivity contribution < 1.29 is 9.53 Å². The van der Waals surface area contributed by atoms with E-state index < -0.39 is 0 Å². The fourth-order valence-electron chi connectivity index (χ4n) is 1.33. The third-order valence-electron chi connectivity index (χ3n) is 2.35. The average Bonchev–Trinajstić information content (AvgIpc) is 2.34. The van der Waals surface area contributed by atoms with Gasteiger partial charge in [0.1, 0.15) is 5.75 Å². The van der Waals surface area contributed by atoms with E-state index in [0.29, 0.717) is 12.3 Å². The maximum atomic E-state index is 11.3. The zero-order chi connectivity index (χ0) is 12.7. The molecule has 1 atom stereocenters. The van der Waals surface area contributed by atoms with Crippen LogP contribution in [0.15, 0.2) is 24.3 Å². The second-order valence-corrected chi connectivity index (χ2v) is 4.00. The summed E-state index contributed by atoms with van der Waals surface area (Å²) >= 11 is 0. The molecule has 0 spiro atoms. The Kier molecular flexibility index (Phi) is 5.49. The molecule has 0 aliphatic rings. The summed E-state index contributed by atoms with van der Waals surface area (Å²) in [6, 6.07) is 7.47. The highest BCUT2D eigenvalue weighted by Gasteiger charge is 2.02. The van der Waals surface area contributed by atoms with Crippen molar-refractivity contribution in [1.82, 2.24) is 5.32 Å². The molecule has 0 radical (unpaired) electrons. The average molecular weight is 236 g/mol. The monoisotopic (exact) mass is 236 g/mol. The lowest BCUT2D eigenvalue weighted by molar-refractivity contribution is -0.123. The molecule has 0 unspecified atom stereocenters. The fraction of sp³-hybridized carbons (Fsp3) is 0.462. The highest BCUT2D eigenvalue weighted by molar-refractivity contribution is 5.77. The topological polar surface area (TPSA) is 64.3 Å². The number of amides is 1. The molecule has 0 saturated carbocycles. The molecule has 1 aromatic carbocycles. The zero-order valence-electron chi connectivity index (χ0n) is 10.4. The van der Waals surface area contributed by atoms with Crippen molar-refractivity contribution in [2.24, 2.45) is 5.73 Å². The van der Waals surface area contributed by atoms with Crippen molar-refractivity contribution in [1.29, 1.82) is 0 Å². The highest BCUT2D eigenvalue weighted by Crippen LogP contribution is 2.15. The van der Waals surface area contributed by atoms with Crippen LogP contribution < -0.4 is 15.8 Å². The Labute approximate surface area is 102 Å². The number of nitrogens with two attached hydrogens (primary N) is 1. The van der Waals surface area contributed by atoms with Crippen LogP contribution in [0.5, 0.6) is 5.75 Å². The molecule has 0 aliphatic carbocycles. The minimum Gasteiger partial charge on any atom is -0.484 e. The van der Waals surface area contributed by atoms with Gasteiger partial charge in [-0.1, -0.05) is 19.1 Å². The lowest BCUT2D eigenvalue weighted by Gasteiger charge is -2.09. The largest absolute Gasteiger partial charge is 0.484 e. The van der Waals surface area contributed by atoms with Crippen LogP contribution in [0, 0.1) is 0 Å². The third-order valence-corrected chi connectivity index (χ3v) is 2.35. The van der Waals surface area contributed by atoms with Crippen molar-refractivity contribution >= 4 is 5.91 Å². The van der Waals surface area contributed by atoms with Gasteiger partial charge >= 0.3 is 0 Å². The van der Waals surface area contributed by atoms with Crippen LogP contribution >= 0.6 is 0 Å². The molecule has 1 rings (SSSR count). The van der Waals surface area contributed by atoms with E-state index in [9.17, 15) is 4.79 Å². The third kappa shape index (κ3) is 4.87. The molecule has 1 amide bonds. The maximum Gasteiger partial charge on any atom is 0.257 e. The second kappa shape index (κ2) is 6.91. The van der Waals surface area contributed by atoms with E-state index in [4.69, 9.17) is 10.5 Å². The molecule has 1 aromatic rings. The Morgan fingerprint density at radius 1 is 1.41 bits per heavy atom. The van der Waals surface area contributed by atoms with Crippen LogP contribution in [0.4, 0.5) is 0 Å². The van der Waals surface area contributed by atoms with E-state index >= 15 is 0 Å². The lowest BCUT2D eigenvalue weighted by atomic mass is 10.1. The fourth-order valence-corrected chi connectivity index (χ4v) is 1.33. The first-order valence-electron chi connectivity index (χ1n) is 5.88. The Morgan fingerprint density at radius 2 is 2.06 bits per heavy atom. The standard InChI is InChI=1S/C13H20N2O2/c1-3-8-15-13(16)9-17-12-6-4-11(5-7-12)10(2)14/h4-7,10H,3,8-9,14H2,1-2H3,(H,15,16)/t10-/m1/s1. The summed E-state index contributed by atoms with van der Waals surface area (Å²) in [5.41, 5.74) is 6.78. The number of hydrogen-bond acceptors (Lipinski definition) is 3. The molecule has 0 fully saturated rings. The number of carbonyl (C=O) groups excluding carboxylic acids is 1. The maximum absolute atomic E-state index is 11.3. The predicted octanol–water partition coefficient (Wildman–Crippen LogP) is 1.61. The SMILES string of the molecule is CCCNC(=O)COc1ccc([C@@H](C)N)cc1. The molecule has 94 valence electrons. The van der Waals surface area contributed by atoms with Crippen molar-refractivity contribution in [2.45, 2.75) is 26.3 Å². The molecule has 0 heterocycles. The molecule has 4 nitrogen and oxygen atoms in total. The van der Waals surface area contributed by atoms with Crippen LogP contribution in [0.1, 0.15) is 31.9 Å². The summed E-state index contributed by atoms with van der Waals surface area (Å²) in [7, 11) is 0. The molecule has 0 aliphatic heterocycles. The van der Waals surface area contributed by atoms with E-state index in [1.807, 2.05) is 38.1 Å². The van der Waals surface area contributed by atoms with Crippen molar-refractivity contribution in [2.75, 3.05) is 13.2 Å². The van der Waals surface area contributed by atoms with Gasteiger partial charge < -0.3 is 15.8 Å². The first kappa shape index (κ1) is 13.5. The number of carbonyl (C=O) groups is 1. The second-order valence-electron chi connectivity index (χ2n) is 4.00. The number of nitrogens with one attached hydrogen (secondary N) is 1. The van der Waals surface area contributed by atoms with Crippen LogP contribution in [-0.4, -0.2) is 19.1 Å². The van der Waals surface area contributed by atoms with E-state index in [1.165, 1.54) is 0 Å². The van der Waals surface area contributed by atoms with Gasteiger partial charge in [-0.25, -0.2) is 0 Å². The molecule has 0 bridgehead atoms. The van der Waals surface area contributed by atoms with Gasteiger partial charge in [0.05, 0.1) is 0 Å². The minimum absolute atomic E-state index is 0.0110. The van der Waals surface area contributed by atoms with Crippen LogP contribution in [-0.2, 0) is 4.79 Å². The quantitative estimate of drug-likeness (QED) is 0.788. The van der Waals surface area contributed by atoms with Gasteiger partial charge in [0.2, 0.25) is 0 Å². The van der Waals surface area contributed by atoms with Gasteiger partial charge in [0, 0.05) is 12.6 Å². The Bertz CT molecular complexity index is 347. The normalized spacial score (nSPS) is 11.9. The van der Waals surface area contributed by atoms with Gasteiger partial charge in [0.25, 0.3) is 5.91 Å². The molecule has 17 heavy (non-hydrogen) atoms. The first-order valence-corrected chi connectivity index (χ1v) is 5.88. The Morgan fingerprint density at radius 3 is 2.59 bits per heavy atom. The molecule has 3 N–H and O–H groups in total. The van der Waals surface area contributed by atoms with Gasteiger partial charge in [0.15, 0.2) is 6.61 Å². The molecule has 4 heteroatoms. The summed E-state index contributed by atoms with van der Waals surface area (Å²) in [6.45, 7) is 4.67. The summed E-state index contributed by atoms with van der Waals surface area (Å²) in [4.78, 5) is 11.3. The zero-order valence-corrected chi connectivity index (χ0v) is 10.4. The summed E-state index contributed by atoms with van der Waals surface area (Å²) < 4.78 is 5.35. The summed E-state index contributed by atoms with van der Waals surface area (Å²) in [5.74, 6) is 0.587. The van der Waals surface area contributed by atoms with Crippen LogP contribution in [0.3, 0.4) is 0 Å². The Hall–Kier alpha value is -1.55. The molecule has 0 saturated heterocycles. The number of benzene rings is 1. The van der Waals surface area contributed by atoms with E-state index in [2.05, 4.69) is 5.32 Å². The number of hydrogen-bond donors (Lipinski definition) is 2. The highest BCUT2D eigenvalue weighted by atomic mass is 16.5. The van der Waals surface area contributed by atoms with Crippen molar-refractivity contribution in [3.63, 3.8) is 0 Å². The molecular weight excluding hydrogens is 216 g/mol. The number of ether oxygens (including phenoxy) is 1. The van der Waals surface area contributed by atoms with E-state index in [0.717, 1.165) is 12.0 Å².